The summed E-state index contributed by atoms with van der Waals surface area (Å²) >= 11 is 0. The third-order valence-electron chi connectivity index (χ3n) is 4.07. The zero-order valence-electron chi connectivity index (χ0n) is 15.7. The summed E-state index contributed by atoms with van der Waals surface area (Å²) in [7, 11) is 0. The summed E-state index contributed by atoms with van der Waals surface area (Å²) in [4.78, 5) is 31.3. The highest BCUT2D eigenvalue weighted by atomic mass is 16.5. The van der Waals surface area contributed by atoms with Gasteiger partial charge < -0.3 is 10.1 Å². The van der Waals surface area contributed by atoms with E-state index in [1.165, 1.54) is 4.68 Å². The van der Waals surface area contributed by atoms with Crippen LogP contribution in [0.15, 0.2) is 35.1 Å². The van der Waals surface area contributed by atoms with Crippen molar-refractivity contribution in [1.29, 1.82) is 0 Å². The van der Waals surface area contributed by atoms with Crippen molar-refractivity contribution in [2.24, 2.45) is 0 Å². The van der Waals surface area contributed by atoms with Gasteiger partial charge in [-0.25, -0.2) is 4.98 Å². The number of anilines is 1. The Labute approximate surface area is 156 Å². The molecule has 2 aromatic heterocycles. The van der Waals surface area contributed by atoms with Crippen LogP contribution in [-0.4, -0.2) is 32.3 Å². The Bertz CT molecular complexity index is 1030. The molecule has 1 amide bonds. The van der Waals surface area contributed by atoms with E-state index in [1.54, 1.807) is 39.0 Å². The van der Waals surface area contributed by atoms with Crippen LogP contribution in [0.25, 0.3) is 5.95 Å². The Hall–Kier alpha value is -3.42. The molecule has 1 aromatic carbocycles. The molecule has 0 aliphatic carbocycles. The Kier molecular flexibility index (Phi) is 5.07. The third-order valence-corrected chi connectivity index (χ3v) is 4.07. The fourth-order valence-electron chi connectivity index (χ4n) is 2.44. The van der Waals surface area contributed by atoms with E-state index in [0.717, 1.165) is 5.56 Å². The molecule has 140 valence electrons. The summed E-state index contributed by atoms with van der Waals surface area (Å²) < 4.78 is 6.88. The molecule has 0 atom stereocenters. The minimum atomic E-state index is -0.345. The molecule has 0 saturated carbocycles. The summed E-state index contributed by atoms with van der Waals surface area (Å²) in [5.74, 6) is 0.908. The molecule has 2 N–H and O–H groups in total. The van der Waals surface area contributed by atoms with Gasteiger partial charge in [0, 0.05) is 17.3 Å². The van der Waals surface area contributed by atoms with Crippen LogP contribution in [0.5, 0.6) is 5.75 Å². The number of hydrogen-bond donors (Lipinski definition) is 2. The Morgan fingerprint density at radius 2 is 1.89 bits per heavy atom. The molecular weight excluding hydrogens is 346 g/mol. The molecule has 0 fully saturated rings. The summed E-state index contributed by atoms with van der Waals surface area (Å²) in [6, 6.07) is 9.13. The minimum Gasteiger partial charge on any atom is -0.484 e. The first-order chi connectivity index (χ1) is 12.8. The molecule has 3 aromatic rings. The molecule has 3 rings (SSSR count). The number of amides is 1. The van der Waals surface area contributed by atoms with Crippen molar-refractivity contribution in [2.45, 2.75) is 27.7 Å². The van der Waals surface area contributed by atoms with Crippen LogP contribution < -0.4 is 15.6 Å². The first-order valence-corrected chi connectivity index (χ1v) is 8.47. The number of aryl methyl sites for hydroxylation is 3. The van der Waals surface area contributed by atoms with E-state index >= 15 is 0 Å². The predicted molar refractivity (Wildman–Crippen MR) is 101 cm³/mol. The second-order valence-electron chi connectivity index (χ2n) is 6.33. The highest BCUT2D eigenvalue weighted by Crippen LogP contribution is 2.15. The summed E-state index contributed by atoms with van der Waals surface area (Å²) in [5.41, 5.74) is 2.68. The molecule has 8 heteroatoms. The van der Waals surface area contributed by atoms with Crippen LogP contribution >= 0.6 is 0 Å². The van der Waals surface area contributed by atoms with E-state index in [1.807, 2.05) is 19.1 Å². The molecular formula is C19H21N5O3. The number of nitrogens with zero attached hydrogens (tertiary/aromatic N) is 3. The van der Waals surface area contributed by atoms with Gasteiger partial charge in [0.15, 0.2) is 6.61 Å². The van der Waals surface area contributed by atoms with Gasteiger partial charge in [-0.3, -0.25) is 14.6 Å². The Balaban J connectivity index is 1.77. The number of aromatic nitrogens is 4. The van der Waals surface area contributed by atoms with E-state index in [0.29, 0.717) is 28.5 Å². The van der Waals surface area contributed by atoms with Crippen LogP contribution in [-0.2, 0) is 4.79 Å². The van der Waals surface area contributed by atoms with Crippen LogP contribution in [0.4, 0.5) is 5.82 Å². The number of ether oxygens (including phenoxy) is 1. The maximum atomic E-state index is 12.3. The summed E-state index contributed by atoms with van der Waals surface area (Å²) in [6.45, 7) is 7.06. The van der Waals surface area contributed by atoms with Gasteiger partial charge >= 0.3 is 0 Å². The van der Waals surface area contributed by atoms with E-state index in [9.17, 15) is 9.59 Å². The van der Waals surface area contributed by atoms with Crippen molar-refractivity contribution < 1.29 is 9.53 Å². The molecule has 27 heavy (non-hydrogen) atoms. The monoisotopic (exact) mass is 367 g/mol. The van der Waals surface area contributed by atoms with Crippen molar-refractivity contribution in [2.75, 3.05) is 11.9 Å². The lowest BCUT2D eigenvalue weighted by atomic mass is 10.2. The molecule has 0 spiro atoms. The Morgan fingerprint density at radius 3 is 2.56 bits per heavy atom. The van der Waals surface area contributed by atoms with E-state index in [2.05, 4.69) is 20.4 Å². The second kappa shape index (κ2) is 7.45. The third kappa shape index (κ3) is 4.22. The molecule has 0 aliphatic heterocycles. The van der Waals surface area contributed by atoms with Gasteiger partial charge in [-0.2, -0.15) is 9.78 Å². The lowest BCUT2D eigenvalue weighted by Crippen LogP contribution is -2.23. The average Bonchev–Trinajstić information content (AvgIpc) is 2.99. The van der Waals surface area contributed by atoms with Crippen LogP contribution in [0, 0.1) is 27.7 Å². The molecule has 8 nitrogen and oxygen atoms in total. The van der Waals surface area contributed by atoms with Crippen LogP contribution in [0.2, 0.25) is 0 Å². The Morgan fingerprint density at radius 1 is 1.19 bits per heavy atom. The van der Waals surface area contributed by atoms with Crippen molar-refractivity contribution in [1.82, 2.24) is 19.7 Å². The van der Waals surface area contributed by atoms with Crippen LogP contribution in [0.1, 0.15) is 22.5 Å². The number of hydrogen-bond acceptors (Lipinski definition) is 5. The van der Waals surface area contributed by atoms with E-state index in [-0.39, 0.29) is 24.0 Å². The molecule has 0 unspecified atom stereocenters. The maximum Gasteiger partial charge on any atom is 0.263 e. The number of benzene rings is 1. The summed E-state index contributed by atoms with van der Waals surface area (Å²) in [6.07, 6.45) is 0. The normalized spacial score (nSPS) is 10.7. The lowest BCUT2D eigenvalue weighted by Gasteiger charge is -2.10. The first kappa shape index (κ1) is 18.4. The summed E-state index contributed by atoms with van der Waals surface area (Å²) in [5, 5.41) is 7.04. The van der Waals surface area contributed by atoms with Crippen molar-refractivity contribution >= 4 is 11.7 Å². The standard InChI is InChI=1S/C19H21N5O3/c1-11-5-7-15(8-6-11)27-10-17(25)21-16-9-12(2)23-24(16)19-20-14(4)13(3)18(26)22-19/h5-9H,10H2,1-4H3,(H,21,25)(H,20,22,26). The molecule has 0 radical (unpaired) electrons. The van der Waals surface area contributed by atoms with Crippen molar-refractivity contribution in [3.8, 4) is 11.7 Å². The SMILES string of the molecule is Cc1ccc(OCC(=O)Nc2cc(C)nn2-c2nc(C)c(C)c(=O)[nH]2)cc1. The fourth-order valence-corrected chi connectivity index (χ4v) is 2.44. The molecule has 0 aliphatic rings. The number of H-pyrrole nitrogens is 1. The lowest BCUT2D eigenvalue weighted by molar-refractivity contribution is -0.118. The smallest absolute Gasteiger partial charge is 0.263 e. The molecule has 0 bridgehead atoms. The van der Waals surface area contributed by atoms with Gasteiger partial charge in [-0.15, -0.1) is 0 Å². The molecule has 2 heterocycles. The van der Waals surface area contributed by atoms with Gasteiger partial charge in [0.25, 0.3) is 11.5 Å². The number of carbonyl (C=O) groups excluding carboxylic acids is 1. The van der Waals surface area contributed by atoms with Gasteiger partial charge in [0.05, 0.1) is 5.69 Å². The molecule has 0 saturated heterocycles. The number of nitrogens with one attached hydrogen (secondary N) is 2. The van der Waals surface area contributed by atoms with Crippen LogP contribution in [0.3, 0.4) is 0 Å². The topological polar surface area (TPSA) is 102 Å². The van der Waals surface area contributed by atoms with Gasteiger partial charge in [0.2, 0.25) is 5.95 Å². The van der Waals surface area contributed by atoms with Gasteiger partial charge in [-0.05, 0) is 39.8 Å². The van der Waals surface area contributed by atoms with E-state index in [4.69, 9.17) is 4.74 Å². The zero-order valence-corrected chi connectivity index (χ0v) is 15.7. The van der Waals surface area contributed by atoms with Crippen molar-refractivity contribution in [3.63, 3.8) is 0 Å². The highest BCUT2D eigenvalue weighted by Gasteiger charge is 2.14. The van der Waals surface area contributed by atoms with Gasteiger partial charge in [0.1, 0.15) is 11.6 Å². The maximum absolute atomic E-state index is 12.3. The zero-order chi connectivity index (χ0) is 19.6. The minimum absolute atomic E-state index is 0.149. The number of rotatable bonds is 5. The van der Waals surface area contributed by atoms with Gasteiger partial charge in [-0.1, -0.05) is 17.7 Å². The largest absolute Gasteiger partial charge is 0.484 e. The number of aromatic amines is 1. The average molecular weight is 367 g/mol. The number of carbonyl (C=O) groups is 1. The quantitative estimate of drug-likeness (QED) is 0.720. The van der Waals surface area contributed by atoms with E-state index < -0.39 is 0 Å². The van der Waals surface area contributed by atoms with Crippen molar-refractivity contribution in [3.05, 3.63) is 63.2 Å². The predicted octanol–water partition coefficient (Wildman–Crippen LogP) is 2.21. The first-order valence-electron chi connectivity index (χ1n) is 8.47. The fraction of sp³-hybridized carbons (Fsp3) is 0.263. The highest BCUT2D eigenvalue weighted by molar-refractivity contribution is 5.91. The second-order valence-corrected chi connectivity index (χ2v) is 6.33.